The van der Waals surface area contributed by atoms with E-state index >= 15 is 0 Å². The summed E-state index contributed by atoms with van der Waals surface area (Å²) in [4.78, 5) is 2.38. The molecule has 2 N–H and O–H groups in total. The van der Waals surface area contributed by atoms with Gasteiger partial charge < -0.3 is 10.1 Å². The van der Waals surface area contributed by atoms with Crippen LogP contribution in [0.15, 0.2) is 24.4 Å². The largest absolute Gasteiger partial charge is 0.494 e. The molecule has 3 rings (SSSR count). The van der Waals surface area contributed by atoms with Gasteiger partial charge in [0.25, 0.3) is 0 Å². The lowest BCUT2D eigenvalue weighted by Crippen LogP contribution is -2.43. The number of aryl methyl sites for hydroxylation is 1. The summed E-state index contributed by atoms with van der Waals surface area (Å²) >= 11 is 0. The number of likely N-dealkylation sites (tertiary alicyclic amines) is 1. The van der Waals surface area contributed by atoms with Gasteiger partial charge in [0.1, 0.15) is 0 Å². The molecular formula is C19H27FN4O. The molecule has 1 aromatic carbocycles. The van der Waals surface area contributed by atoms with Crippen molar-refractivity contribution in [2.24, 2.45) is 0 Å². The third-order valence-electron chi connectivity index (χ3n) is 5.03. The fourth-order valence-corrected chi connectivity index (χ4v) is 3.56. The standard InChI is InChI=1S/C19H27FN4O/c1-13(17-11-21-23-14(17)2)22-16-6-8-24(9-7-16)12-15-4-5-19(25-3)18(20)10-15/h4-5,10-11,13,16,22H,6-9,12H2,1-3H3,(H,21,23). The van der Waals surface area contributed by atoms with Crippen LogP contribution >= 0.6 is 0 Å². The van der Waals surface area contributed by atoms with E-state index in [2.05, 4.69) is 34.3 Å². The molecule has 2 aromatic rings. The fraction of sp³-hybridized carbons (Fsp3) is 0.526. The van der Waals surface area contributed by atoms with Crippen molar-refractivity contribution < 1.29 is 9.13 Å². The number of hydrogen-bond acceptors (Lipinski definition) is 4. The lowest BCUT2D eigenvalue weighted by Gasteiger charge is -2.34. The minimum absolute atomic E-state index is 0.291. The van der Waals surface area contributed by atoms with Crippen LogP contribution in [0.2, 0.25) is 0 Å². The molecule has 1 aliphatic rings. The average Bonchev–Trinajstić information content (AvgIpc) is 3.03. The number of ether oxygens (including phenoxy) is 1. The Morgan fingerprint density at radius 3 is 2.76 bits per heavy atom. The molecule has 0 bridgehead atoms. The lowest BCUT2D eigenvalue weighted by molar-refractivity contribution is 0.185. The fourth-order valence-electron chi connectivity index (χ4n) is 3.56. The Bertz CT molecular complexity index is 694. The zero-order chi connectivity index (χ0) is 17.8. The highest BCUT2D eigenvalue weighted by Crippen LogP contribution is 2.22. The second-order valence-electron chi connectivity index (χ2n) is 6.86. The van der Waals surface area contributed by atoms with E-state index in [-0.39, 0.29) is 5.82 Å². The minimum atomic E-state index is -0.291. The van der Waals surface area contributed by atoms with Crippen LogP contribution in [-0.4, -0.2) is 41.3 Å². The number of nitrogens with zero attached hydrogens (tertiary/aromatic N) is 2. The van der Waals surface area contributed by atoms with Crippen molar-refractivity contribution in [2.45, 2.75) is 45.3 Å². The minimum Gasteiger partial charge on any atom is -0.494 e. The number of methoxy groups -OCH3 is 1. The zero-order valence-electron chi connectivity index (χ0n) is 15.2. The van der Waals surface area contributed by atoms with Gasteiger partial charge in [0.05, 0.1) is 13.3 Å². The molecule has 0 radical (unpaired) electrons. The Kier molecular flexibility index (Phi) is 5.71. The molecule has 25 heavy (non-hydrogen) atoms. The molecule has 0 aliphatic carbocycles. The van der Waals surface area contributed by atoms with Crippen LogP contribution in [-0.2, 0) is 6.54 Å². The molecule has 1 fully saturated rings. The van der Waals surface area contributed by atoms with Crippen LogP contribution in [0.1, 0.15) is 42.6 Å². The Balaban J connectivity index is 1.49. The normalized spacial score (nSPS) is 17.6. The molecule has 1 unspecified atom stereocenters. The van der Waals surface area contributed by atoms with Gasteiger partial charge in [-0.3, -0.25) is 10.00 Å². The maximum absolute atomic E-state index is 13.8. The summed E-state index contributed by atoms with van der Waals surface area (Å²) in [5.74, 6) is 0.0102. The van der Waals surface area contributed by atoms with Crippen LogP contribution in [0.25, 0.3) is 0 Å². The van der Waals surface area contributed by atoms with E-state index in [1.54, 1.807) is 12.1 Å². The Morgan fingerprint density at radius 2 is 2.16 bits per heavy atom. The number of H-pyrrole nitrogens is 1. The number of aromatic nitrogens is 2. The first kappa shape index (κ1) is 17.9. The van der Waals surface area contributed by atoms with Crippen LogP contribution in [0, 0.1) is 12.7 Å². The number of rotatable bonds is 6. The zero-order valence-corrected chi connectivity index (χ0v) is 15.2. The van der Waals surface area contributed by atoms with Crippen molar-refractivity contribution in [3.8, 4) is 5.75 Å². The van der Waals surface area contributed by atoms with Gasteiger partial charge >= 0.3 is 0 Å². The summed E-state index contributed by atoms with van der Waals surface area (Å²) in [6, 6.07) is 6.02. The maximum Gasteiger partial charge on any atom is 0.165 e. The number of halogens is 1. The quantitative estimate of drug-likeness (QED) is 0.843. The van der Waals surface area contributed by atoms with E-state index in [0.29, 0.717) is 17.8 Å². The summed E-state index contributed by atoms with van der Waals surface area (Å²) in [5, 5.41) is 10.8. The van der Waals surface area contributed by atoms with E-state index in [1.165, 1.54) is 12.7 Å². The van der Waals surface area contributed by atoms with Crippen molar-refractivity contribution >= 4 is 0 Å². The number of nitrogens with one attached hydrogen (secondary N) is 2. The molecule has 1 atom stereocenters. The van der Waals surface area contributed by atoms with Gasteiger partial charge in [0.15, 0.2) is 11.6 Å². The van der Waals surface area contributed by atoms with E-state index in [9.17, 15) is 4.39 Å². The SMILES string of the molecule is COc1ccc(CN2CCC(NC(C)c3cn[nH]c3C)CC2)cc1F. The highest BCUT2D eigenvalue weighted by Gasteiger charge is 2.22. The van der Waals surface area contributed by atoms with E-state index < -0.39 is 0 Å². The molecular weight excluding hydrogens is 319 g/mol. The van der Waals surface area contributed by atoms with Gasteiger partial charge in [0, 0.05) is 29.9 Å². The van der Waals surface area contributed by atoms with Gasteiger partial charge in [-0.15, -0.1) is 0 Å². The molecule has 1 aliphatic heterocycles. The van der Waals surface area contributed by atoms with Crippen molar-refractivity contribution in [3.63, 3.8) is 0 Å². The number of benzene rings is 1. The highest BCUT2D eigenvalue weighted by molar-refractivity contribution is 5.29. The van der Waals surface area contributed by atoms with Crippen molar-refractivity contribution in [2.75, 3.05) is 20.2 Å². The van der Waals surface area contributed by atoms with Crippen molar-refractivity contribution in [3.05, 3.63) is 47.0 Å². The smallest absolute Gasteiger partial charge is 0.165 e. The molecule has 0 spiro atoms. The van der Waals surface area contributed by atoms with E-state index in [0.717, 1.165) is 43.7 Å². The molecule has 1 saturated heterocycles. The van der Waals surface area contributed by atoms with Crippen LogP contribution in [0.5, 0.6) is 5.75 Å². The second-order valence-corrected chi connectivity index (χ2v) is 6.86. The number of hydrogen-bond donors (Lipinski definition) is 2. The molecule has 1 aromatic heterocycles. The third kappa shape index (κ3) is 4.38. The molecule has 0 saturated carbocycles. The summed E-state index contributed by atoms with van der Waals surface area (Å²) in [5.41, 5.74) is 3.35. The predicted octanol–water partition coefficient (Wildman–Crippen LogP) is 3.18. The Hall–Kier alpha value is -1.92. The first-order chi connectivity index (χ1) is 12.1. The molecule has 0 amide bonds. The first-order valence-corrected chi connectivity index (χ1v) is 8.87. The number of piperidine rings is 1. The van der Waals surface area contributed by atoms with E-state index in [1.807, 2.05) is 12.3 Å². The van der Waals surface area contributed by atoms with Crippen molar-refractivity contribution in [1.82, 2.24) is 20.4 Å². The van der Waals surface area contributed by atoms with Crippen molar-refractivity contribution in [1.29, 1.82) is 0 Å². The summed E-state index contributed by atoms with van der Waals surface area (Å²) in [6.07, 6.45) is 4.10. The third-order valence-corrected chi connectivity index (χ3v) is 5.03. The van der Waals surface area contributed by atoms with E-state index in [4.69, 9.17) is 4.74 Å². The molecule has 5 nitrogen and oxygen atoms in total. The second kappa shape index (κ2) is 7.97. The highest BCUT2D eigenvalue weighted by atomic mass is 19.1. The Morgan fingerprint density at radius 1 is 1.40 bits per heavy atom. The van der Waals surface area contributed by atoms with Gasteiger partial charge in [-0.05, 0) is 57.5 Å². The number of aromatic amines is 1. The lowest BCUT2D eigenvalue weighted by atomic mass is 10.0. The van der Waals surface area contributed by atoms with Crippen LogP contribution in [0.4, 0.5) is 4.39 Å². The topological polar surface area (TPSA) is 53.2 Å². The monoisotopic (exact) mass is 346 g/mol. The van der Waals surface area contributed by atoms with Gasteiger partial charge in [-0.2, -0.15) is 5.10 Å². The van der Waals surface area contributed by atoms with Crippen LogP contribution in [0.3, 0.4) is 0 Å². The summed E-state index contributed by atoms with van der Waals surface area (Å²) < 4.78 is 18.8. The molecule has 6 heteroatoms. The predicted molar refractivity (Wildman–Crippen MR) is 96.1 cm³/mol. The Labute approximate surface area is 148 Å². The van der Waals surface area contributed by atoms with Crippen LogP contribution < -0.4 is 10.1 Å². The summed E-state index contributed by atoms with van der Waals surface area (Å²) in [7, 11) is 1.49. The average molecular weight is 346 g/mol. The summed E-state index contributed by atoms with van der Waals surface area (Å²) in [6.45, 7) is 7.05. The molecule has 136 valence electrons. The van der Waals surface area contributed by atoms with Gasteiger partial charge in [-0.25, -0.2) is 4.39 Å². The van der Waals surface area contributed by atoms with Gasteiger partial charge in [0.2, 0.25) is 0 Å². The first-order valence-electron chi connectivity index (χ1n) is 8.87. The maximum atomic E-state index is 13.8. The molecule has 2 heterocycles. The van der Waals surface area contributed by atoms with Gasteiger partial charge in [-0.1, -0.05) is 6.07 Å².